The number of rotatable bonds is 8. The number of amides is 2. The molecule has 0 aliphatic heterocycles. The smallest absolute Gasteiger partial charge is 0.407 e. The van der Waals surface area contributed by atoms with Gasteiger partial charge < -0.3 is 19.8 Å². The summed E-state index contributed by atoms with van der Waals surface area (Å²) >= 11 is 0. The standard InChI is InChI=1S/C20H26N2O4/c1-4-25-20(24)22-16(12-14(2)3)13-21-19(23)18-17(10-11-26-18)15-8-6-5-7-9-15/h5-11,14,16H,4,12-13H2,1-3H3,(H,21,23)(H,22,24)/t16-/m0/s1. The molecule has 1 aromatic carbocycles. The van der Waals surface area contributed by atoms with Crippen LogP contribution in [-0.2, 0) is 4.74 Å². The number of nitrogens with one attached hydrogen (secondary N) is 2. The molecular formula is C20H26N2O4. The molecule has 2 aromatic rings. The van der Waals surface area contributed by atoms with Crippen LogP contribution in [0.1, 0.15) is 37.7 Å². The van der Waals surface area contributed by atoms with E-state index in [2.05, 4.69) is 24.5 Å². The molecular weight excluding hydrogens is 332 g/mol. The molecule has 1 aromatic heterocycles. The summed E-state index contributed by atoms with van der Waals surface area (Å²) in [6, 6.07) is 11.1. The summed E-state index contributed by atoms with van der Waals surface area (Å²) in [6.07, 6.45) is 1.75. The molecule has 0 spiro atoms. The normalized spacial score (nSPS) is 11.8. The first-order chi connectivity index (χ1) is 12.5. The summed E-state index contributed by atoms with van der Waals surface area (Å²) in [5.41, 5.74) is 1.65. The topological polar surface area (TPSA) is 80.6 Å². The van der Waals surface area contributed by atoms with Crippen LogP contribution < -0.4 is 10.6 Å². The van der Waals surface area contributed by atoms with E-state index in [9.17, 15) is 9.59 Å². The summed E-state index contributed by atoms with van der Waals surface area (Å²) in [6.45, 7) is 6.47. The van der Waals surface area contributed by atoms with Crippen LogP contribution in [0.3, 0.4) is 0 Å². The van der Waals surface area contributed by atoms with E-state index in [1.54, 1.807) is 13.0 Å². The maximum absolute atomic E-state index is 12.6. The van der Waals surface area contributed by atoms with Crippen LogP contribution in [0.4, 0.5) is 4.79 Å². The second kappa shape index (κ2) is 9.65. The fourth-order valence-electron chi connectivity index (χ4n) is 2.73. The molecule has 0 aliphatic rings. The minimum atomic E-state index is -0.477. The van der Waals surface area contributed by atoms with E-state index in [1.807, 2.05) is 30.3 Å². The van der Waals surface area contributed by atoms with Crippen LogP contribution >= 0.6 is 0 Å². The molecule has 26 heavy (non-hydrogen) atoms. The second-order valence-electron chi connectivity index (χ2n) is 6.43. The highest BCUT2D eigenvalue weighted by atomic mass is 16.5. The molecule has 0 radical (unpaired) electrons. The molecule has 0 fully saturated rings. The number of carbonyl (C=O) groups excluding carboxylic acids is 2. The zero-order valence-electron chi connectivity index (χ0n) is 15.5. The van der Waals surface area contributed by atoms with Gasteiger partial charge in [-0.3, -0.25) is 4.79 Å². The highest BCUT2D eigenvalue weighted by Crippen LogP contribution is 2.24. The van der Waals surface area contributed by atoms with Crippen LogP contribution in [0.15, 0.2) is 47.1 Å². The van der Waals surface area contributed by atoms with Crippen molar-refractivity contribution in [3.63, 3.8) is 0 Å². The van der Waals surface area contributed by atoms with Gasteiger partial charge in [-0.2, -0.15) is 0 Å². The number of furan rings is 1. The van der Waals surface area contributed by atoms with Gasteiger partial charge in [0.15, 0.2) is 5.76 Å². The van der Waals surface area contributed by atoms with Crippen LogP contribution in [-0.4, -0.2) is 31.2 Å². The molecule has 6 heteroatoms. The Morgan fingerprint density at radius 1 is 1.15 bits per heavy atom. The van der Waals surface area contributed by atoms with Crippen molar-refractivity contribution < 1.29 is 18.7 Å². The van der Waals surface area contributed by atoms with Gasteiger partial charge in [-0.15, -0.1) is 0 Å². The SMILES string of the molecule is CCOC(=O)N[C@H](CNC(=O)c1occc1-c1ccccc1)CC(C)C. The zero-order chi connectivity index (χ0) is 18.9. The maximum Gasteiger partial charge on any atom is 0.407 e. The Balaban J connectivity index is 2.02. The Bertz CT molecular complexity index is 710. The fourth-order valence-corrected chi connectivity index (χ4v) is 2.73. The molecule has 2 N–H and O–H groups in total. The summed E-state index contributed by atoms with van der Waals surface area (Å²) < 4.78 is 10.3. The molecule has 2 rings (SSSR count). The van der Waals surface area contributed by atoms with Crippen molar-refractivity contribution in [3.8, 4) is 11.1 Å². The maximum atomic E-state index is 12.6. The largest absolute Gasteiger partial charge is 0.459 e. The van der Waals surface area contributed by atoms with E-state index in [0.29, 0.717) is 19.1 Å². The quantitative estimate of drug-likeness (QED) is 0.751. The predicted molar refractivity (Wildman–Crippen MR) is 99.9 cm³/mol. The lowest BCUT2D eigenvalue weighted by Crippen LogP contribution is -2.44. The Morgan fingerprint density at radius 2 is 1.88 bits per heavy atom. The van der Waals surface area contributed by atoms with Gasteiger partial charge in [-0.1, -0.05) is 44.2 Å². The highest BCUT2D eigenvalue weighted by Gasteiger charge is 2.20. The molecule has 1 heterocycles. The Labute approximate surface area is 153 Å². The Hall–Kier alpha value is -2.76. The second-order valence-corrected chi connectivity index (χ2v) is 6.43. The van der Waals surface area contributed by atoms with Crippen molar-refractivity contribution >= 4 is 12.0 Å². The number of hydrogen-bond donors (Lipinski definition) is 2. The van der Waals surface area contributed by atoms with Gasteiger partial charge in [0, 0.05) is 18.2 Å². The molecule has 0 aliphatic carbocycles. The molecule has 0 saturated heterocycles. The Morgan fingerprint density at radius 3 is 2.54 bits per heavy atom. The van der Waals surface area contributed by atoms with Crippen molar-refractivity contribution in [3.05, 3.63) is 48.4 Å². The molecule has 0 unspecified atom stereocenters. The lowest BCUT2D eigenvalue weighted by molar-refractivity contribution is 0.0918. The molecule has 140 valence electrons. The number of carbonyl (C=O) groups is 2. The van der Waals surface area contributed by atoms with Crippen LogP contribution in [0.5, 0.6) is 0 Å². The van der Waals surface area contributed by atoms with Crippen molar-refractivity contribution in [2.75, 3.05) is 13.2 Å². The summed E-state index contributed by atoms with van der Waals surface area (Å²) in [4.78, 5) is 24.2. The monoisotopic (exact) mass is 358 g/mol. The first kappa shape index (κ1) is 19.6. The number of alkyl carbamates (subject to hydrolysis) is 1. The lowest BCUT2D eigenvalue weighted by atomic mass is 10.0. The highest BCUT2D eigenvalue weighted by molar-refractivity contribution is 5.98. The number of ether oxygens (including phenoxy) is 1. The first-order valence-corrected chi connectivity index (χ1v) is 8.85. The van der Waals surface area contributed by atoms with Gasteiger partial charge in [0.05, 0.1) is 12.9 Å². The van der Waals surface area contributed by atoms with Gasteiger partial charge in [0.1, 0.15) is 0 Å². The Kier molecular flexibility index (Phi) is 7.26. The van der Waals surface area contributed by atoms with Crippen LogP contribution in [0.2, 0.25) is 0 Å². The number of hydrogen-bond acceptors (Lipinski definition) is 4. The average molecular weight is 358 g/mol. The van der Waals surface area contributed by atoms with Gasteiger partial charge in [0.25, 0.3) is 5.91 Å². The third-order valence-corrected chi connectivity index (χ3v) is 3.82. The summed E-state index contributed by atoms with van der Waals surface area (Å²) in [5, 5.41) is 5.63. The van der Waals surface area contributed by atoms with Crippen LogP contribution in [0, 0.1) is 5.92 Å². The van der Waals surface area contributed by atoms with E-state index in [4.69, 9.17) is 9.15 Å². The molecule has 2 amide bonds. The van der Waals surface area contributed by atoms with Gasteiger partial charge in [-0.25, -0.2) is 4.79 Å². The van der Waals surface area contributed by atoms with E-state index in [-0.39, 0.29) is 17.7 Å². The van der Waals surface area contributed by atoms with Crippen LogP contribution in [0.25, 0.3) is 11.1 Å². The number of benzene rings is 1. The van der Waals surface area contributed by atoms with E-state index < -0.39 is 6.09 Å². The molecule has 0 saturated carbocycles. The zero-order valence-corrected chi connectivity index (χ0v) is 15.5. The average Bonchev–Trinajstić information content (AvgIpc) is 3.09. The summed E-state index contributed by atoms with van der Waals surface area (Å²) in [5.74, 6) is 0.311. The van der Waals surface area contributed by atoms with Crippen molar-refractivity contribution in [2.45, 2.75) is 33.2 Å². The first-order valence-electron chi connectivity index (χ1n) is 8.85. The minimum absolute atomic E-state index is 0.215. The minimum Gasteiger partial charge on any atom is -0.459 e. The van der Waals surface area contributed by atoms with Gasteiger partial charge >= 0.3 is 6.09 Å². The lowest BCUT2D eigenvalue weighted by Gasteiger charge is -2.20. The van der Waals surface area contributed by atoms with E-state index >= 15 is 0 Å². The van der Waals surface area contributed by atoms with E-state index in [1.165, 1.54) is 6.26 Å². The van der Waals surface area contributed by atoms with Crippen molar-refractivity contribution in [2.24, 2.45) is 5.92 Å². The van der Waals surface area contributed by atoms with Gasteiger partial charge in [0.2, 0.25) is 0 Å². The predicted octanol–water partition coefficient (Wildman–Crippen LogP) is 3.84. The van der Waals surface area contributed by atoms with Gasteiger partial charge in [-0.05, 0) is 30.9 Å². The third kappa shape index (κ3) is 5.65. The van der Waals surface area contributed by atoms with Crippen molar-refractivity contribution in [1.82, 2.24) is 10.6 Å². The fraction of sp³-hybridized carbons (Fsp3) is 0.400. The van der Waals surface area contributed by atoms with E-state index in [0.717, 1.165) is 17.5 Å². The summed E-state index contributed by atoms with van der Waals surface area (Å²) in [7, 11) is 0. The molecule has 0 bridgehead atoms. The molecule has 1 atom stereocenters. The third-order valence-electron chi connectivity index (χ3n) is 3.82. The van der Waals surface area contributed by atoms with Crippen molar-refractivity contribution in [1.29, 1.82) is 0 Å². The molecule has 6 nitrogen and oxygen atoms in total.